The summed E-state index contributed by atoms with van der Waals surface area (Å²) in [5.74, 6) is 0.946. The SMILES string of the molecule is COc1ccc(CNC(=O)CN(C)S(=O)(=O)c2ccc(OC)c(C)c2)cc1. The van der Waals surface area contributed by atoms with Gasteiger partial charge in [-0.15, -0.1) is 0 Å². The van der Waals surface area contributed by atoms with Crippen LogP contribution in [-0.4, -0.2) is 46.4 Å². The van der Waals surface area contributed by atoms with Gasteiger partial charge in [0.2, 0.25) is 15.9 Å². The zero-order chi connectivity index (χ0) is 20.0. The zero-order valence-corrected chi connectivity index (χ0v) is 16.7. The molecule has 0 aliphatic carbocycles. The van der Waals surface area contributed by atoms with E-state index in [1.165, 1.54) is 26.3 Å². The van der Waals surface area contributed by atoms with E-state index >= 15 is 0 Å². The molecular weight excluding hydrogens is 368 g/mol. The summed E-state index contributed by atoms with van der Waals surface area (Å²) in [5.41, 5.74) is 1.59. The lowest BCUT2D eigenvalue weighted by Gasteiger charge is -2.18. The highest BCUT2D eigenvalue weighted by Gasteiger charge is 2.23. The number of benzene rings is 2. The molecule has 0 aromatic heterocycles. The van der Waals surface area contributed by atoms with Crippen LogP contribution in [0.5, 0.6) is 11.5 Å². The number of ether oxygens (including phenoxy) is 2. The average Bonchev–Trinajstić information content (AvgIpc) is 2.66. The Morgan fingerprint density at radius 3 is 2.30 bits per heavy atom. The van der Waals surface area contributed by atoms with Crippen LogP contribution in [0.1, 0.15) is 11.1 Å². The largest absolute Gasteiger partial charge is 0.497 e. The van der Waals surface area contributed by atoms with Gasteiger partial charge in [-0.05, 0) is 48.4 Å². The molecule has 2 aromatic rings. The van der Waals surface area contributed by atoms with Crippen molar-refractivity contribution in [3.05, 3.63) is 53.6 Å². The molecule has 0 bridgehead atoms. The van der Waals surface area contributed by atoms with E-state index in [-0.39, 0.29) is 17.3 Å². The van der Waals surface area contributed by atoms with Gasteiger partial charge in [-0.3, -0.25) is 4.79 Å². The lowest BCUT2D eigenvalue weighted by molar-refractivity contribution is -0.121. The minimum atomic E-state index is -3.77. The van der Waals surface area contributed by atoms with Gasteiger partial charge in [-0.2, -0.15) is 4.31 Å². The molecule has 8 heteroatoms. The number of nitrogens with zero attached hydrogens (tertiary/aromatic N) is 1. The topological polar surface area (TPSA) is 84.9 Å². The van der Waals surface area contributed by atoms with Gasteiger partial charge in [0.05, 0.1) is 25.7 Å². The van der Waals surface area contributed by atoms with Crippen LogP contribution < -0.4 is 14.8 Å². The molecule has 1 N–H and O–H groups in total. The van der Waals surface area contributed by atoms with Crippen LogP contribution in [0.15, 0.2) is 47.4 Å². The molecular formula is C19H24N2O5S. The number of amides is 1. The van der Waals surface area contributed by atoms with Crippen molar-refractivity contribution in [2.45, 2.75) is 18.4 Å². The normalized spacial score (nSPS) is 11.3. The van der Waals surface area contributed by atoms with Crippen LogP contribution in [0.3, 0.4) is 0 Å². The fourth-order valence-corrected chi connectivity index (χ4v) is 3.69. The van der Waals surface area contributed by atoms with E-state index in [9.17, 15) is 13.2 Å². The first-order valence-electron chi connectivity index (χ1n) is 8.28. The summed E-state index contributed by atoms with van der Waals surface area (Å²) in [6.45, 7) is 1.79. The fourth-order valence-electron chi connectivity index (χ4n) is 2.48. The molecule has 0 saturated carbocycles. The van der Waals surface area contributed by atoms with Crippen molar-refractivity contribution < 1.29 is 22.7 Å². The number of aryl methyl sites for hydroxylation is 1. The van der Waals surface area contributed by atoms with Crippen molar-refractivity contribution in [1.29, 1.82) is 0 Å². The predicted octanol–water partition coefficient (Wildman–Crippen LogP) is 1.95. The van der Waals surface area contributed by atoms with Gasteiger partial charge in [0.25, 0.3) is 0 Å². The lowest BCUT2D eigenvalue weighted by atomic mass is 10.2. The summed E-state index contributed by atoms with van der Waals surface area (Å²) >= 11 is 0. The summed E-state index contributed by atoms with van der Waals surface area (Å²) < 4.78 is 36.6. The Labute approximate surface area is 160 Å². The molecule has 0 unspecified atom stereocenters. The second-order valence-corrected chi connectivity index (χ2v) is 8.06. The number of carbonyl (C=O) groups is 1. The molecule has 0 atom stereocenters. The Balaban J connectivity index is 1.98. The first kappa shape index (κ1) is 20.7. The summed E-state index contributed by atoms with van der Waals surface area (Å²) in [6, 6.07) is 11.8. The Morgan fingerprint density at radius 1 is 1.07 bits per heavy atom. The van der Waals surface area contributed by atoms with Crippen molar-refractivity contribution in [3.63, 3.8) is 0 Å². The van der Waals surface area contributed by atoms with Gasteiger partial charge in [0.1, 0.15) is 11.5 Å². The fraction of sp³-hybridized carbons (Fsp3) is 0.316. The second kappa shape index (κ2) is 8.88. The maximum absolute atomic E-state index is 12.7. The smallest absolute Gasteiger partial charge is 0.243 e. The molecule has 146 valence electrons. The van der Waals surface area contributed by atoms with Crippen molar-refractivity contribution in [3.8, 4) is 11.5 Å². The van der Waals surface area contributed by atoms with E-state index < -0.39 is 10.0 Å². The number of methoxy groups -OCH3 is 2. The number of sulfonamides is 1. The molecule has 2 rings (SSSR count). The molecule has 27 heavy (non-hydrogen) atoms. The number of hydrogen-bond acceptors (Lipinski definition) is 5. The van der Waals surface area contributed by atoms with Crippen LogP contribution >= 0.6 is 0 Å². The van der Waals surface area contributed by atoms with Gasteiger partial charge in [-0.1, -0.05) is 12.1 Å². The van der Waals surface area contributed by atoms with Crippen LogP contribution in [0.4, 0.5) is 0 Å². The van der Waals surface area contributed by atoms with Gasteiger partial charge in [-0.25, -0.2) is 8.42 Å². The first-order chi connectivity index (χ1) is 12.8. The summed E-state index contributed by atoms with van der Waals surface area (Å²) in [6.07, 6.45) is 0. The van der Waals surface area contributed by atoms with E-state index in [4.69, 9.17) is 9.47 Å². The standard InChI is InChI=1S/C19H24N2O5S/c1-14-11-17(9-10-18(14)26-4)27(23,24)21(2)13-19(22)20-12-15-5-7-16(25-3)8-6-15/h5-11H,12-13H2,1-4H3,(H,20,22). The lowest BCUT2D eigenvalue weighted by Crippen LogP contribution is -2.38. The number of nitrogens with one attached hydrogen (secondary N) is 1. The molecule has 1 amide bonds. The van der Waals surface area contributed by atoms with E-state index in [2.05, 4.69) is 5.32 Å². The first-order valence-corrected chi connectivity index (χ1v) is 9.72. The summed E-state index contributed by atoms with van der Waals surface area (Å²) in [7, 11) is 0.708. The number of rotatable bonds is 8. The average molecular weight is 392 g/mol. The Bertz CT molecular complexity index is 895. The van der Waals surface area contributed by atoms with Crippen molar-refractivity contribution in [1.82, 2.24) is 9.62 Å². The molecule has 0 heterocycles. The highest BCUT2D eigenvalue weighted by atomic mass is 32.2. The zero-order valence-electron chi connectivity index (χ0n) is 15.9. The van der Waals surface area contributed by atoms with Gasteiger partial charge in [0.15, 0.2) is 0 Å². The summed E-state index contributed by atoms with van der Waals surface area (Å²) in [4.78, 5) is 12.3. The third kappa shape index (κ3) is 5.21. The van der Waals surface area contributed by atoms with Gasteiger partial charge < -0.3 is 14.8 Å². The Morgan fingerprint density at radius 2 is 1.74 bits per heavy atom. The second-order valence-electron chi connectivity index (χ2n) is 6.02. The minimum absolute atomic E-state index is 0.117. The van der Waals surface area contributed by atoms with Crippen molar-refractivity contribution in [2.75, 3.05) is 27.8 Å². The Hall–Kier alpha value is -2.58. The molecule has 0 saturated heterocycles. The van der Waals surface area contributed by atoms with E-state index in [1.807, 2.05) is 12.1 Å². The maximum Gasteiger partial charge on any atom is 0.243 e. The highest BCUT2D eigenvalue weighted by molar-refractivity contribution is 7.89. The third-order valence-corrected chi connectivity index (χ3v) is 5.89. The molecule has 0 aliphatic heterocycles. The molecule has 0 radical (unpaired) electrons. The number of hydrogen-bond donors (Lipinski definition) is 1. The van der Waals surface area contributed by atoms with Crippen molar-refractivity contribution >= 4 is 15.9 Å². The van der Waals surface area contributed by atoms with Crippen molar-refractivity contribution in [2.24, 2.45) is 0 Å². The van der Waals surface area contributed by atoms with Crippen LogP contribution in [0.2, 0.25) is 0 Å². The summed E-state index contributed by atoms with van der Waals surface area (Å²) in [5, 5.41) is 2.71. The third-order valence-electron chi connectivity index (χ3n) is 4.09. The quantitative estimate of drug-likeness (QED) is 0.742. The molecule has 0 fully saturated rings. The molecule has 2 aromatic carbocycles. The van der Waals surface area contributed by atoms with Crippen LogP contribution in [0, 0.1) is 6.92 Å². The highest BCUT2D eigenvalue weighted by Crippen LogP contribution is 2.23. The molecule has 0 aliphatic rings. The van der Waals surface area contributed by atoms with Crippen LogP contribution in [-0.2, 0) is 21.4 Å². The number of carbonyl (C=O) groups excluding carboxylic acids is 1. The molecule has 7 nitrogen and oxygen atoms in total. The minimum Gasteiger partial charge on any atom is -0.497 e. The van der Waals surface area contributed by atoms with E-state index in [1.54, 1.807) is 32.2 Å². The molecule has 0 spiro atoms. The Kier molecular flexibility index (Phi) is 6.81. The van der Waals surface area contributed by atoms with Gasteiger partial charge in [0, 0.05) is 13.6 Å². The maximum atomic E-state index is 12.7. The monoisotopic (exact) mass is 392 g/mol. The van der Waals surface area contributed by atoms with E-state index in [0.717, 1.165) is 15.6 Å². The van der Waals surface area contributed by atoms with Gasteiger partial charge >= 0.3 is 0 Å². The predicted molar refractivity (Wildman–Crippen MR) is 102 cm³/mol. The van der Waals surface area contributed by atoms with Crippen LogP contribution in [0.25, 0.3) is 0 Å². The van der Waals surface area contributed by atoms with E-state index in [0.29, 0.717) is 17.9 Å². The number of likely N-dealkylation sites (N-methyl/N-ethyl adjacent to an activating group) is 1.